The van der Waals surface area contributed by atoms with Gasteiger partial charge in [-0.2, -0.15) is 0 Å². The molecule has 0 saturated carbocycles. The van der Waals surface area contributed by atoms with E-state index in [1.54, 1.807) is 7.11 Å². The smallest absolute Gasteiger partial charge is 0.212 e. The summed E-state index contributed by atoms with van der Waals surface area (Å²) in [6, 6.07) is 19.9. The minimum Gasteiger partial charge on any atom is -0.481 e. The molecule has 0 atom stereocenters. The van der Waals surface area contributed by atoms with E-state index in [1.807, 2.05) is 54.7 Å². The standard InChI is InChI=1S/C24H25N3O2/c1-28-23-13-10-17(16-26-23)24-20(9-5-6-14-25)21-15-19(11-12-22(21)27-24)29-18-7-3-2-4-8-18/h2-4,7-8,10-13,15-16,27H,5-6,9,14,25H2,1H3. The van der Waals surface area contributed by atoms with E-state index in [9.17, 15) is 0 Å². The number of nitrogens with zero attached hydrogens (tertiary/aromatic N) is 1. The number of unbranched alkanes of at least 4 members (excludes halogenated alkanes) is 1. The number of hydrogen-bond donors (Lipinski definition) is 2. The van der Waals surface area contributed by atoms with Crippen molar-refractivity contribution in [2.45, 2.75) is 19.3 Å². The van der Waals surface area contributed by atoms with Crippen LogP contribution < -0.4 is 15.2 Å². The summed E-state index contributed by atoms with van der Waals surface area (Å²) in [6.45, 7) is 0.699. The van der Waals surface area contributed by atoms with Gasteiger partial charge in [0.05, 0.1) is 12.8 Å². The Bertz CT molecular complexity index is 1070. The van der Waals surface area contributed by atoms with Crippen molar-refractivity contribution in [2.75, 3.05) is 13.7 Å². The molecule has 5 heteroatoms. The Kier molecular flexibility index (Phi) is 5.77. The largest absolute Gasteiger partial charge is 0.481 e. The van der Waals surface area contributed by atoms with Gasteiger partial charge in [-0.05, 0) is 67.8 Å². The van der Waals surface area contributed by atoms with Gasteiger partial charge in [-0.3, -0.25) is 0 Å². The molecule has 2 aromatic heterocycles. The maximum absolute atomic E-state index is 6.05. The molecule has 0 bridgehead atoms. The fourth-order valence-electron chi connectivity index (χ4n) is 3.52. The van der Waals surface area contributed by atoms with Gasteiger partial charge in [-0.15, -0.1) is 0 Å². The monoisotopic (exact) mass is 387 g/mol. The van der Waals surface area contributed by atoms with E-state index < -0.39 is 0 Å². The Hall–Kier alpha value is -3.31. The molecule has 0 aliphatic heterocycles. The van der Waals surface area contributed by atoms with Crippen LogP contribution in [0, 0.1) is 0 Å². The van der Waals surface area contributed by atoms with E-state index in [0.717, 1.165) is 47.5 Å². The third-order valence-electron chi connectivity index (χ3n) is 4.97. The van der Waals surface area contributed by atoms with E-state index >= 15 is 0 Å². The molecule has 29 heavy (non-hydrogen) atoms. The van der Waals surface area contributed by atoms with Crippen LogP contribution in [0.1, 0.15) is 18.4 Å². The number of hydrogen-bond acceptors (Lipinski definition) is 4. The van der Waals surface area contributed by atoms with Gasteiger partial charge < -0.3 is 20.2 Å². The highest BCUT2D eigenvalue weighted by molar-refractivity contribution is 5.91. The highest BCUT2D eigenvalue weighted by Gasteiger charge is 2.15. The number of H-pyrrole nitrogens is 1. The van der Waals surface area contributed by atoms with Crippen LogP contribution in [0.4, 0.5) is 0 Å². The van der Waals surface area contributed by atoms with Gasteiger partial charge >= 0.3 is 0 Å². The summed E-state index contributed by atoms with van der Waals surface area (Å²) in [6.07, 6.45) is 4.81. The van der Waals surface area contributed by atoms with Crippen LogP contribution in [-0.2, 0) is 6.42 Å². The lowest BCUT2D eigenvalue weighted by Gasteiger charge is -2.07. The summed E-state index contributed by atoms with van der Waals surface area (Å²) >= 11 is 0. The first-order chi connectivity index (χ1) is 14.3. The number of ether oxygens (including phenoxy) is 2. The summed E-state index contributed by atoms with van der Waals surface area (Å²) in [5, 5.41) is 1.17. The Morgan fingerprint density at radius 2 is 1.83 bits per heavy atom. The van der Waals surface area contributed by atoms with E-state index in [0.29, 0.717) is 12.4 Å². The van der Waals surface area contributed by atoms with Crippen molar-refractivity contribution in [3.05, 3.63) is 72.4 Å². The molecular formula is C24H25N3O2. The maximum Gasteiger partial charge on any atom is 0.212 e. The lowest BCUT2D eigenvalue weighted by molar-refractivity contribution is 0.398. The lowest BCUT2D eigenvalue weighted by atomic mass is 10.0. The van der Waals surface area contributed by atoms with Crippen LogP contribution in [0.25, 0.3) is 22.2 Å². The van der Waals surface area contributed by atoms with Gasteiger partial charge in [0.15, 0.2) is 0 Å². The highest BCUT2D eigenvalue weighted by Crippen LogP contribution is 2.35. The first-order valence-corrected chi connectivity index (χ1v) is 9.86. The predicted octanol–water partition coefficient (Wildman–Crippen LogP) is 5.31. The van der Waals surface area contributed by atoms with E-state index in [2.05, 4.69) is 22.1 Å². The normalized spacial score (nSPS) is 11.0. The van der Waals surface area contributed by atoms with Crippen molar-refractivity contribution < 1.29 is 9.47 Å². The Morgan fingerprint density at radius 3 is 2.55 bits per heavy atom. The number of aromatic nitrogens is 2. The number of para-hydroxylation sites is 1. The average Bonchev–Trinajstić information content (AvgIpc) is 3.13. The summed E-state index contributed by atoms with van der Waals surface area (Å²) in [7, 11) is 1.62. The average molecular weight is 387 g/mol. The zero-order valence-electron chi connectivity index (χ0n) is 16.5. The van der Waals surface area contributed by atoms with Crippen molar-refractivity contribution in [3.63, 3.8) is 0 Å². The summed E-state index contributed by atoms with van der Waals surface area (Å²) in [5.41, 5.74) is 10.2. The Morgan fingerprint density at radius 1 is 0.966 bits per heavy atom. The second-order valence-corrected chi connectivity index (χ2v) is 6.94. The fourth-order valence-corrected chi connectivity index (χ4v) is 3.52. The lowest BCUT2D eigenvalue weighted by Crippen LogP contribution is -1.99. The Balaban J connectivity index is 1.74. The number of methoxy groups -OCH3 is 1. The van der Waals surface area contributed by atoms with Gasteiger partial charge in [-0.25, -0.2) is 4.98 Å². The van der Waals surface area contributed by atoms with E-state index in [-0.39, 0.29) is 0 Å². The van der Waals surface area contributed by atoms with Crippen molar-refractivity contribution in [1.29, 1.82) is 0 Å². The minimum atomic E-state index is 0.605. The second-order valence-electron chi connectivity index (χ2n) is 6.94. The third-order valence-corrected chi connectivity index (χ3v) is 4.97. The van der Waals surface area contributed by atoms with Crippen LogP contribution in [0.15, 0.2) is 66.9 Å². The van der Waals surface area contributed by atoms with Crippen LogP contribution >= 0.6 is 0 Å². The molecule has 2 aromatic carbocycles. The van der Waals surface area contributed by atoms with Crippen LogP contribution in [0.5, 0.6) is 17.4 Å². The molecule has 4 rings (SSSR count). The van der Waals surface area contributed by atoms with Crippen LogP contribution in [0.3, 0.4) is 0 Å². The van der Waals surface area contributed by atoms with E-state index in [1.165, 1.54) is 10.9 Å². The molecule has 0 aliphatic rings. The molecule has 0 aliphatic carbocycles. The molecule has 0 unspecified atom stereocenters. The molecule has 0 amide bonds. The molecule has 0 radical (unpaired) electrons. The molecule has 4 aromatic rings. The molecule has 3 N–H and O–H groups in total. The predicted molar refractivity (Wildman–Crippen MR) is 117 cm³/mol. The molecule has 2 heterocycles. The molecule has 0 spiro atoms. The first-order valence-electron chi connectivity index (χ1n) is 9.86. The van der Waals surface area contributed by atoms with Crippen LogP contribution in [0.2, 0.25) is 0 Å². The maximum atomic E-state index is 6.05. The number of rotatable bonds is 8. The Labute approximate surface area is 170 Å². The number of nitrogens with one attached hydrogen (secondary N) is 1. The molecule has 5 nitrogen and oxygen atoms in total. The molecule has 148 valence electrons. The van der Waals surface area contributed by atoms with Gasteiger partial charge in [0.2, 0.25) is 5.88 Å². The number of pyridine rings is 1. The number of aromatic amines is 1. The zero-order chi connectivity index (χ0) is 20.1. The number of fused-ring (bicyclic) bond motifs is 1. The topological polar surface area (TPSA) is 73.2 Å². The highest BCUT2D eigenvalue weighted by atomic mass is 16.5. The molecule has 0 fully saturated rings. The second kappa shape index (κ2) is 8.80. The molecule has 0 saturated heterocycles. The van der Waals surface area contributed by atoms with E-state index in [4.69, 9.17) is 15.2 Å². The fraction of sp³-hybridized carbons (Fsp3) is 0.208. The van der Waals surface area contributed by atoms with Crippen molar-refractivity contribution in [2.24, 2.45) is 5.73 Å². The van der Waals surface area contributed by atoms with Crippen LogP contribution in [-0.4, -0.2) is 23.6 Å². The number of aryl methyl sites for hydroxylation is 1. The quantitative estimate of drug-likeness (QED) is 0.402. The summed E-state index contributed by atoms with van der Waals surface area (Å²) in [5.74, 6) is 2.25. The van der Waals surface area contributed by atoms with Crippen molar-refractivity contribution >= 4 is 10.9 Å². The number of benzene rings is 2. The van der Waals surface area contributed by atoms with Gasteiger partial charge in [0, 0.05) is 28.7 Å². The van der Waals surface area contributed by atoms with Crippen molar-refractivity contribution in [1.82, 2.24) is 9.97 Å². The zero-order valence-corrected chi connectivity index (χ0v) is 16.5. The SMILES string of the molecule is COc1ccc(-c2[nH]c3ccc(Oc4ccccc4)cc3c2CCCCN)cn1. The van der Waals surface area contributed by atoms with Gasteiger partial charge in [-0.1, -0.05) is 18.2 Å². The third kappa shape index (κ3) is 4.25. The van der Waals surface area contributed by atoms with Crippen molar-refractivity contribution in [3.8, 4) is 28.6 Å². The van der Waals surface area contributed by atoms with Gasteiger partial charge in [0.25, 0.3) is 0 Å². The van der Waals surface area contributed by atoms with Gasteiger partial charge in [0.1, 0.15) is 11.5 Å². The minimum absolute atomic E-state index is 0.605. The summed E-state index contributed by atoms with van der Waals surface area (Å²) in [4.78, 5) is 7.94. The number of nitrogens with two attached hydrogens (primary N) is 1. The molecular weight excluding hydrogens is 362 g/mol. The summed E-state index contributed by atoms with van der Waals surface area (Å²) < 4.78 is 11.2. The first kappa shape index (κ1) is 19.0.